The Labute approximate surface area is 81.0 Å². The van der Waals surface area contributed by atoms with Crippen LogP contribution in [0.3, 0.4) is 0 Å². The molecule has 0 saturated carbocycles. The highest BCUT2D eigenvalue weighted by Gasteiger charge is 2.09. The minimum Gasteiger partial charge on any atom is -0.483 e. The molecule has 0 aromatic heterocycles. The van der Waals surface area contributed by atoms with Crippen LogP contribution in [0.5, 0.6) is 5.75 Å². The molecule has 0 unspecified atom stereocenters. The van der Waals surface area contributed by atoms with Gasteiger partial charge in [0.25, 0.3) is 0 Å². The van der Waals surface area contributed by atoms with E-state index in [0.29, 0.717) is 5.57 Å². The highest BCUT2D eigenvalue weighted by atomic mass is 19.1. The van der Waals surface area contributed by atoms with E-state index in [-0.39, 0.29) is 18.9 Å². The van der Waals surface area contributed by atoms with E-state index in [1.54, 1.807) is 0 Å². The van der Waals surface area contributed by atoms with Crippen molar-refractivity contribution in [2.75, 3.05) is 13.2 Å². The Morgan fingerprint density at radius 1 is 1.36 bits per heavy atom. The normalized spacial score (nSPS) is 9.93. The fraction of sp³-hybridized carbons (Fsp3) is 0.200. The van der Waals surface area contributed by atoms with Crippen LogP contribution < -0.4 is 10.5 Å². The summed E-state index contributed by atoms with van der Waals surface area (Å²) in [5, 5.41) is 0. The van der Waals surface area contributed by atoms with Crippen molar-refractivity contribution in [2.24, 2.45) is 5.73 Å². The zero-order valence-electron chi connectivity index (χ0n) is 7.59. The maximum atomic E-state index is 13.0. The van der Waals surface area contributed by atoms with Crippen molar-refractivity contribution in [3.8, 4) is 5.75 Å². The number of ether oxygens (including phenoxy) is 1. The predicted molar refractivity (Wildman–Crippen MR) is 50.0 cm³/mol. The Balaban J connectivity index is 2.71. The Morgan fingerprint density at radius 2 is 1.93 bits per heavy atom. The van der Waals surface area contributed by atoms with Gasteiger partial charge in [0.05, 0.1) is 0 Å². The Kier molecular flexibility index (Phi) is 3.59. The van der Waals surface area contributed by atoms with Crippen LogP contribution in [-0.2, 0) is 0 Å². The third-order valence-electron chi connectivity index (χ3n) is 1.63. The SMILES string of the molecule is C=C(CN)COc1c(F)cccc1F. The van der Waals surface area contributed by atoms with Gasteiger partial charge in [-0.1, -0.05) is 12.6 Å². The molecule has 0 atom stereocenters. The number of benzene rings is 1. The smallest absolute Gasteiger partial charge is 0.191 e. The highest BCUT2D eigenvalue weighted by Crippen LogP contribution is 2.20. The van der Waals surface area contributed by atoms with Crippen LogP contribution >= 0.6 is 0 Å². The average Bonchev–Trinajstić information content (AvgIpc) is 2.16. The molecule has 2 nitrogen and oxygen atoms in total. The molecular weight excluding hydrogens is 188 g/mol. The van der Waals surface area contributed by atoms with E-state index in [9.17, 15) is 8.78 Å². The molecular formula is C10H11F2NO. The second-order valence-electron chi connectivity index (χ2n) is 2.79. The molecule has 0 saturated heterocycles. The minimum atomic E-state index is -0.727. The summed E-state index contributed by atoms with van der Waals surface area (Å²) in [5.74, 6) is -1.84. The lowest BCUT2D eigenvalue weighted by atomic mass is 10.3. The summed E-state index contributed by atoms with van der Waals surface area (Å²) in [6, 6.07) is 3.53. The quantitative estimate of drug-likeness (QED) is 0.751. The van der Waals surface area contributed by atoms with Gasteiger partial charge < -0.3 is 10.5 Å². The lowest BCUT2D eigenvalue weighted by Crippen LogP contribution is -2.11. The van der Waals surface area contributed by atoms with Crippen molar-refractivity contribution in [1.29, 1.82) is 0 Å². The van der Waals surface area contributed by atoms with Crippen LogP contribution in [0.1, 0.15) is 0 Å². The zero-order chi connectivity index (χ0) is 10.6. The maximum absolute atomic E-state index is 13.0. The van der Waals surface area contributed by atoms with Gasteiger partial charge in [-0.3, -0.25) is 0 Å². The van der Waals surface area contributed by atoms with Gasteiger partial charge in [-0.05, 0) is 17.7 Å². The van der Waals surface area contributed by atoms with Crippen LogP contribution in [0.4, 0.5) is 8.78 Å². The van der Waals surface area contributed by atoms with E-state index in [1.807, 2.05) is 0 Å². The van der Waals surface area contributed by atoms with Crippen LogP contribution in [0, 0.1) is 11.6 Å². The number of hydrogen-bond donors (Lipinski definition) is 1. The summed E-state index contributed by atoms with van der Waals surface area (Å²) >= 11 is 0. The predicted octanol–water partition coefficient (Wildman–Crippen LogP) is 1.86. The lowest BCUT2D eigenvalue weighted by molar-refractivity contribution is 0.311. The van der Waals surface area contributed by atoms with Crippen LogP contribution in [-0.4, -0.2) is 13.2 Å². The molecule has 1 aromatic rings. The summed E-state index contributed by atoms with van der Waals surface area (Å²) in [6.45, 7) is 3.81. The van der Waals surface area contributed by atoms with Crippen molar-refractivity contribution < 1.29 is 13.5 Å². The second-order valence-corrected chi connectivity index (χ2v) is 2.79. The van der Waals surface area contributed by atoms with Crippen molar-refractivity contribution in [3.63, 3.8) is 0 Å². The number of nitrogens with two attached hydrogens (primary N) is 1. The fourth-order valence-corrected chi connectivity index (χ4v) is 0.854. The van der Waals surface area contributed by atoms with Gasteiger partial charge in [0.1, 0.15) is 6.61 Å². The Morgan fingerprint density at radius 3 is 2.43 bits per heavy atom. The first-order valence-corrected chi connectivity index (χ1v) is 4.08. The van der Waals surface area contributed by atoms with E-state index >= 15 is 0 Å². The topological polar surface area (TPSA) is 35.2 Å². The molecule has 0 aliphatic heterocycles. The maximum Gasteiger partial charge on any atom is 0.191 e. The molecule has 0 aliphatic carbocycles. The molecule has 0 aliphatic rings. The minimum absolute atomic E-state index is 0.0222. The monoisotopic (exact) mass is 199 g/mol. The fourth-order valence-electron chi connectivity index (χ4n) is 0.854. The van der Waals surface area contributed by atoms with Gasteiger partial charge in [-0.2, -0.15) is 0 Å². The zero-order valence-corrected chi connectivity index (χ0v) is 7.59. The first kappa shape index (κ1) is 10.7. The van der Waals surface area contributed by atoms with Crippen LogP contribution in [0.15, 0.2) is 30.4 Å². The number of rotatable bonds is 4. The summed E-state index contributed by atoms with van der Waals surface area (Å²) < 4.78 is 30.8. The van der Waals surface area contributed by atoms with Gasteiger partial charge in [0.2, 0.25) is 0 Å². The van der Waals surface area contributed by atoms with Gasteiger partial charge in [0, 0.05) is 6.54 Å². The average molecular weight is 199 g/mol. The van der Waals surface area contributed by atoms with E-state index < -0.39 is 11.6 Å². The first-order valence-electron chi connectivity index (χ1n) is 4.08. The number of para-hydroxylation sites is 1. The highest BCUT2D eigenvalue weighted by molar-refractivity contribution is 5.26. The van der Waals surface area contributed by atoms with Gasteiger partial charge in [-0.15, -0.1) is 0 Å². The molecule has 0 spiro atoms. The summed E-state index contributed by atoms with van der Waals surface area (Å²) in [6.07, 6.45) is 0. The summed E-state index contributed by atoms with van der Waals surface area (Å²) in [7, 11) is 0. The molecule has 14 heavy (non-hydrogen) atoms. The molecule has 76 valence electrons. The van der Waals surface area contributed by atoms with E-state index in [1.165, 1.54) is 6.07 Å². The molecule has 4 heteroatoms. The molecule has 0 bridgehead atoms. The number of hydrogen-bond acceptors (Lipinski definition) is 2. The Hall–Kier alpha value is -1.42. The van der Waals surface area contributed by atoms with E-state index in [0.717, 1.165) is 12.1 Å². The number of halogens is 2. The molecule has 2 N–H and O–H groups in total. The molecule has 0 fully saturated rings. The van der Waals surface area contributed by atoms with Crippen LogP contribution in [0.25, 0.3) is 0 Å². The van der Waals surface area contributed by atoms with Gasteiger partial charge in [-0.25, -0.2) is 8.78 Å². The molecule has 1 rings (SSSR count). The third kappa shape index (κ3) is 2.53. The van der Waals surface area contributed by atoms with Crippen molar-refractivity contribution in [3.05, 3.63) is 42.0 Å². The van der Waals surface area contributed by atoms with Crippen LogP contribution in [0.2, 0.25) is 0 Å². The third-order valence-corrected chi connectivity index (χ3v) is 1.63. The van der Waals surface area contributed by atoms with Gasteiger partial charge in [0.15, 0.2) is 17.4 Å². The Bertz CT molecular complexity index is 319. The van der Waals surface area contributed by atoms with Crippen molar-refractivity contribution in [2.45, 2.75) is 0 Å². The first-order chi connectivity index (χ1) is 6.65. The van der Waals surface area contributed by atoms with E-state index in [4.69, 9.17) is 10.5 Å². The standard InChI is InChI=1S/C10H11F2NO/c1-7(5-13)6-14-10-8(11)3-2-4-9(10)12/h2-4H,1,5-6,13H2. The molecule has 0 heterocycles. The molecule has 0 radical (unpaired) electrons. The van der Waals surface area contributed by atoms with E-state index in [2.05, 4.69) is 6.58 Å². The van der Waals surface area contributed by atoms with Crippen molar-refractivity contribution >= 4 is 0 Å². The second kappa shape index (κ2) is 4.72. The lowest BCUT2D eigenvalue weighted by Gasteiger charge is -2.08. The summed E-state index contributed by atoms with van der Waals surface area (Å²) in [4.78, 5) is 0. The van der Waals surface area contributed by atoms with Crippen molar-refractivity contribution in [1.82, 2.24) is 0 Å². The van der Waals surface area contributed by atoms with Gasteiger partial charge >= 0.3 is 0 Å². The summed E-state index contributed by atoms with van der Waals surface area (Å²) in [5.41, 5.74) is 5.82. The molecule has 0 amide bonds. The largest absolute Gasteiger partial charge is 0.483 e. The molecule has 1 aromatic carbocycles.